The van der Waals surface area contributed by atoms with Crippen LogP contribution >= 0.6 is 23.1 Å². The molecule has 0 aromatic carbocycles. The highest BCUT2D eigenvalue weighted by atomic mass is 32.2. The van der Waals surface area contributed by atoms with E-state index in [-0.39, 0.29) is 0 Å². The van der Waals surface area contributed by atoms with E-state index >= 15 is 0 Å². The highest BCUT2D eigenvalue weighted by Gasteiger charge is 2.31. The first-order chi connectivity index (χ1) is 9.90. The van der Waals surface area contributed by atoms with Gasteiger partial charge < -0.3 is 5.73 Å². The largest absolute Gasteiger partial charge is 0.383 e. The van der Waals surface area contributed by atoms with Crippen molar-refractivity contribution in [3.05, 3.63) is 10.4 Å². The molecule has 3 nitrogen and oxygen atoms in total. The third-order valence-electron chi connectivity index (χ3n) is 4.41. The average molecular weight is 322 g/mol. The molecule has 0 radical (unpaired) electrons. The number of thiophene rings is 1. The second-order valence-electron chi connectivity index (χ2n) is 6.81. The van der Waals surface area contributed by atoms with E-state index in [4.69, 9.17) is 10.7 Å². The Kier molecular flexibility index (Phi) is 3.91. The van der Waals surface area contributed by atoms with E-state index in [0.29, 0.717) is 11.2 Å². The zero-order valence-corrected chi connectivity index (χ0v) is 14.8. The second-order valence-corrected chi connectivity index (χ2v) is 9.13. The number of hydrogen-bond donors (Lipinski definition) is 1. The van der Waals surface area contributed by atoms with Crippen LogP contribution in [0.4, 0.5) is 5.82 Å². The fourth-order valence-corrected chi connectivity index (χ4v) is 5.06. The standard InChI is InChI=1S/C16H23N3S2/c1-5-20-15-18-13(17)12-10-7-6-9(16(2,3)4)8-11(10)21-14(12)19-15/h9H,5-8H2,1-4H3,(H2,17,18,19)/t9-/m1/s1. The number of nitrogen functional groups attached to an aromatic ring is 1. The molecule has 2 aromatic rings. The summed E-state index contributed by atoms with van der Waals surface area (Å²) in [6.45, 7) is 9.15. The molecular formula is C16H23N3S2. The van der Waals surface area contributed by atoms with Crippen molar-refractivity contribution in [1.29, 1.82) is 0 Å². The summed E-state index contributed by atoms with van der Waals surface area (Å²) >= 11 is 3.49. The third kappa shape index (κ3) is 2.78. The highest BCUT2D eigenvalue weighted by molar-refractivity contribution is 7.99. The molecule has 2 heterocycles. The molecule has 0 spiro atoms. The van der Waals surface area contributed by atoms with Crippen molar-refractivity contribution in [1.82, 2.24) is 9.97 Å². The van der Waals surface area contributed by atoms with Gasteiger partial charge >= 0.3 is 0 Å². The van der Waals surface area contributed by atoms with Gasteiger partial charge in [-0.2, -0.15) is 0 Å². The van der Waals surface area contributed by atoms with Crippen molar-refractivity contribution in [3.8, 4) is 0 Å². The van der Waals surface area contributed by atoms with Crippen LogP contribution in [0, 0.1) is 11.3 Å². The summed E-state index contributed by atoms with van der Waals surface area (Å²) in [4.78, 5) is 11.7. The van der Waals surface area contributed by atoms with Gasteiger partial charge in [0, 0.05) is 4.88 Å². The third-order valence-corrected chi connectivity index (χ3v) is 6.29. The minimum absolute atomic E-state index is 0.369. The van der Waals surface area contributed by atoms with Crippen LogP contribution in [0.15, 0.2) is 5.16 Å². The summed E-state index contributed by atoms with van der Waals surface area (Å²) in [5.74, 6) is 2.39. The van der Waals surface area contributed by atoms with Gasteiger partial charge in [0.2, 0.25) is 0 Å². The second kappa shape index (κ2) is 5.43. The van der Waals surface area contributed by atoms with Gasteiger partial charge in [0.25, 0.3) is 0 Å². The predicted molar refractivity (Wildman–Crippen MR) is 93.2 cm³/mol. The molecule has 0 bridgehead atoms. The van der Waals surface area contributed by atoms with Crippen LogP contribution in [0.25, 0.3) is 10.2 Å². The summed E-state index contributed by atoms with van der Waals surface area (Å²) in [5.41, 5.74) is 8.01. The minimum Gasteiger partial charge on any atom is -0.383 e. The summed E-state index contributed by atoms with van der Waals surface area (Å²) in [5, 5.41) is 1.94. The quantitative estimate of drug-likeness (QED) is 0.652. The Morgan fingerprint density at radius 1 is 1.33 bits per heavy atom. The van der Waals surface area contributed by atoms with Crippen molar-refractivity contribution in [2.24, 2.45) is 11.3 Å². The molecule has 21 heavy (non-hydrogen) atoms. The molecule has 1 aliphatic rings. The maximum atomic E-state index is 6.22. The van der Waals surface area contributed by atoms with Crippen LogP contribution in [0.2, 0.25) is 0 Å². The maximum absolute atomic E-state index is 6.22. The molecule has 0 saturated carbocycles. The maximum Gasteiger partial charge on any atom is 0.190 e. The summed E-state index contributed by atoms with van der Waals surface area (Å²) in [6.07, 6.45) is 3.52. The molecule has 1 atom stereocenters. The number of nitrogens with zero attached hydrogens (tertiary/aromatic N) is 2. The van der Waals surface area contributed by atoms with E-state index in [1.165, 1.54) is 16.9 Å². The summed E-state index contributed by atoms with van der Waals surface area (Å²) < 4.78 is 0. The zero-order chi connectivity index (χ0) is 15.2. The number of fused-ring (bicyclic) bond motifs is 3. The molecule has 3 rings (SSSR count). The Bertz CT molecular complexity index is 670. The molecule has 0 fully saturated rings. The number of hydrogen-bond acceptors (Lipinski definition) is 5. The van der Waals surface area contributed by atoms with Gasteiger partial charge in [-0.25, -0.2) is 9.97 Å². The smallest absolute Gasteiger partial charge is 0.190 e. The van der Waals surface area contributed by atoms with Crippen LogP contribution in [-0.2, 0) is 12.8 Å². The zero-order valence-electron chi connectivity index (χ0n) is 13.2. The molecule has 5 heteroatoms. The average Bonchev–Trinajstić information content (AvgIpc) is 2.75. The van der Waals surface area contributed by atoms with Gasteiger partial charge in [-0.15, -0.1) is 11.3 Å². The molecule has 0 amide bonds. The van der Waals surface area contributed by atoms with Gasteiger partial charge in [-0.1, -0.05) is 39.5 Å². The topological polar surface area (TPSA) is 51.8 Å². The lowest BCUT2D eigenvalue weighted by molar-refractivity contribution is 0.218. The molecule has 0 aliphatic heterocycles. The lowest BCUT2D eigenvalue weighted by atomic mass is 9.72. The summed E-state index contributed by atoms with van der Waals surface area (Å²) in [6, 6.07) is 0. The Morgan fingerprint density at radius 2 is 2.10 bits per heavy atom. The molecule has 114 valence electrons. The lowest BCUT2D eigenvalue weighted by Gasteiger charge is -2.33. The van der Waals surface area contributed by atoms with Gasteiger partial charge in [-0.05, 0) is 41.9 Å². The number of rotatable bonds is 2. The first-order valence-electron chi connectivity index (χ1n) is 7.60. The monoisotopic (exact) mass is 321 g/mol. The van der Waals surface area contributed by atoms with Crippen molar-refractivity contribution in [2.45, 2.75) is 52.1 Å². The van der Waals surface area contributed by atoms with Gasteiger partial charge in [-0.3, -0.25) is 0 Å². The van der Waals surface area contributed by atoms with Crippen LogP contribution in [-0.4, -0.2) is 15.7 Å². The van der Waals surface area contributed by atoms with Crippen molar-refractivity contribution < 1.29 is 0 Å². The molecule has 0 saturated heterocycles. The van der Waals surface area contributed by atoms with E-state index in [2.05, 4.69) is 32.7 Å². The molecule has 2 N–H and O–H groups in total. The Morgan fingerprint density at radius 3 is 2.76 bits per heavy atom. The van der Waals surface area contributed by atoms with E-state index in [1.54, 1.807) is 11.8 Å². The molecule has 0 unspecified atom stereocenters. The van der Waals surface area contributed by atoms with E-state index in [1.807, 2.05) is 11.3 Å². The first kappa shape index (κ1) is 15.1. The van der Waals surface area contributed by atoms with Crippen LogP contribution in [0.1, 0.15) is 44.6 Å². The Hall–Kier alpha value is -0.810. The van der Waals surface area contributed by atoms with Crippen molar-refractivity contribution in [3.63, 3.8) is 0 Å². The predicted octanol–water partition coefficient (Wildman–Crippen LogP) is 4.54. The first-order valence-corrected chi connectivity index (χ1v) is 9.41. The Balaban J connectivity index is 2.04. The SMILES string of the molecule is CCSc1nc(N)c2c3c(sc2n1)C[C@H](C(C)(C)C)CC3. The van der Waals surface area contributed by atoms with Crippen LogP contribution in [0.5, 0.6) is 0 Å². The van der Waals surface area contributed by atoms with Gasteiger partial charge in [0.15, 0.2) is 5.16 Å². The van der Waals surface area contributed by atoms with Gasteiger partial charge in [0.1, 0.15) is 10.6 Å². The molecular weight excluding hydrogens is 298 g/mol. The molecule has 1 aliphatic carbocycles. The van der Waals surface area contributed by atoms with Crippen LogP contribution < -0.4 is 5.73 Å². The Labute approximate surface area is 134 Å². The van der Waals surface area contributed by atoms with E-state index in [9.17, 15) is 0 Å². The number of aromatic nitrogens is 2. The van der Waals surface area contributed by atoms with Crippen LogP contribution in [0.3, 0.4) is 0 Å². The number of anilines is 1. The highest BCUT2D eigenvalue weighted by Crippen LogP contribution is 2.44. The van der Waals surface area contributed by atoms with E-state index < -0.39 is 0 Å². The van der Waals surface area contributed by atoms with E-state index in [0.717, 1.165) is 39.9 Å². The van der Waals surface area contributed by atoms with Gasteiger partial charge in [0.05, 0.1) is 5.39 Å². The lowest BCUT2D eigenvalue weighted by Crippen LogP contribution is -2.26. The normalized spacial score (nSPS) is 19.0. The minimum atomic E-state index is 0.369. The van der Waals surface area contributed by atoms with Crippen molar-refractivity contribution >= 4 is 39.1 Å². The summed E-state index contributed by atoms with van der Waals surface area (Å²) in [7, 11) is 0. The number of aryl methyl sites for hydroxylation is 1. The van der Waals surface area contributed by atoms with Crippen molar-refractivity contribution in [2.75, 3.05) is 11.5 Å². The number of thioether (sulfide) groups is 1. The fraction of sp³-hybridized carbons (Fsp3) is 0.625. The fourth-order valence-electron chi connectivity index (χ4n) is 3.12. The number of nitrogens with two attached hydrogens (primary N) is 1. The molecule has 2 aromatic heterocycles.